The first-order valence-electron chi connectivity index (χ1n) is 7.55. The molecular formula is C17H22N2OS. The maximum atomic E-state index is 12.3. The second kappa shape index (κ2) is 7.51. The molecule has 4 heteroatoms. The number of nitrogens with one attached hydrogen (secondary N) is 1. The van der Waals surface area contributed by atoms with E-state index in [9.17, 15) is 4.79 Å². The van der Waals surface area contributed by atoms with E-state index in [0.717, 1.165) is 5.92 Å². The van der Waals surface area contributed by atoms with Crippen LogP contribution in [0.25, 0.3) is 0 Å². The van der Waals surface area contributed by atoms with Gasteiger partial charge >= 0.3 is 0 Å². The van der Waals surface area contributed by atoms with Crippen molar-refractivity contribution in [3.8, 4) is 6.07 Å². The molecule has 0 saturated heterocycles. The number of rotatable bonds is 4. The van der Waals surface area contributed by atoms with Crippen LogP contribution >= 0.6 is 11.8 Å². The second-order valence-electron chi connectivity index (χ2n) is 5.82. The number of anilines is 1. The zero-order chi connectivity index (χ0) is 15.2. The smallest absolute Gasteiger partial charge is 0.237 e. The maximum absolute atomic E-state index is 12.3. The van der Waals surface area contributed by atoms with Crippen LogP contribution in [0.5, 0.6) is 0 Å². The van der Waals surface area contributed by atoms with Gasteiger partial charge in [-0.25, -0.2) is 0 Å². The SMILES string of the molecule is CC1CCCC(SC(C)C(=O)Nc2ccccc2C#N)C1. The molecule has 1 N–H and O–H groups in total. The number of carbonyl (C=O) groups is 1. The predicted octanol–water partition coefficient (Wildman–Crippen LogP) is 4.20. The molecule has 0 spiro atoms. The first-order valence-corrected chi connectivity index (χ1v) is 8.50. The summed E-state index contributed by atoms with van der Waals surface area (Å²) in [5, 5.41) is 12.4. The summed E-state index contributed by atoms with van der Waals surface area (Å²) in [6.07, 6.45) is 5.00. The second-order valence-corrected chi connectivity index (χ2v) is 7.46. The fourth-order valence-electron chi connectivity index (χ4n) is 2.78. The molecule has 112 valence electrons. The Hall–Kier alpha value is -1.47. The van der Waals surface area contributed by atoms with Gasteiger partial charge in [0.05, 0.1) is 16.5 Å². The van der Waals surface area contributed by atoms with Gasteiger partial charge in [-0.05, 0) is 37.8 Å². The lowest BCUT2D eigenvalue weighted by Crippen LogP contribution is -2.26. The standard InChI is InChI=1S/C17H22N2OS/c1-12-6-5-8-15(10-12)21-13(2)17(20)19-16-9-4-3-7-14(16)11-18/h3-4,7,9,12-13,15H,5-6,8,10H2,1-2H3,(H,19,20). The third kappa shape index (κ3) is 4.50. The molecule has 3 unspecified atom stereocenters. The Labute approximate surface area is 131 Å². The minimum atomic E-state index is -0.0907. The summed E-state index contributed by atoms with van der Waals surface area (Å²) >= 11 is 1.77. The number of hydrogen-bond acceptors (Lipinski definition) is 3. The lowest BCUT2D eigenvalue weighted by Gasteiger charge is -2.28. The number of carbonyl (C=O) groups excluding carboxylic acids is 1. The van der Waals surface area contributed by atoms with E-state index in [4.69, 9.17) is 5.26 Å². The van der Waals surface area contributed by atoms with Gasteiger partial charge in [-0.2, -0.15) is 5.26 Å². The zero-order valence-corrected chi connectivity index (χ0v) is 13.5. The highest BCUT2D eigenvalue weighted by Gasteiger charge is 2.24. The van der Waals surface area contributed by atoms with Gasteiger partial charge in [0, 0.05) is 5.25 Å². The van der Waals surface area contributed by atoms with E-state index in [1.807, 2.05) is 13.0 Å². The van der Waals surface area contributed by atoms with Crippen molar-refractivity contribution in [1.82, 2.24) is 0 Å². The van der Waals surface area contributed by atoms with E-state index in [0.29, 0.717) is 16.5 Å². The normalized spacial score (nSPS) is 23.1. The number of nitriles is 1. The van der Waals surface area contributed by atoms with E-state index in [1.54, 1.807) is 30.0 Å². The van der Waals surface area contributed by atoms with E-state index in [-0.39, 0.29) is 11.2 Å². The lowest BCUT2D eigenvalue weighted by molar-refractivity contribution is -0.115. The summed E-state index contributed by atoms with van der Waals surface area (Å²) in [6, 6.07) is 9.23. The molecule has 1 aromatic rings. The molecule has 1 aliphatic carbocycles. The van der Waals surface area contributed by atoms with Crippen molar-refractivity contribution in [1.29, 1.82) is 5.26 Å². The summed E-state index contributed by atoms with van der Waals surface area (Å²) < 4.78 is 0. The van der Waals surface area contributed by atoms with Crippen LogP contribution in [0, 0.1) is 17.2 Å². The van der Waals surface area contributed by atoms with Crippen LogP contribution < -0.4 is 5.32 Å². The molecule has 1 aliphatic rings. The van der Waals surface area contributed by atoms with E-state index in [2.05, 4.69) is 18.3 Å². The maximum Gasteiger partial charge on any atom is 0.237 e. The van der Waals surface area contributed by atoms with E-state index < -0.39 is 0 Å². The Morgan fingerprint density at radius 3 is 2.90 bits per heavy atom. The number of hydrogen-bond donors (Lipinski definition) is 1. The summed E-state index contributed by atoms with van der Waals surface area (Å²) in [5.74, 6) is 0.756. The Balaban J connectivity index is 1.92. The Bertz CT molecular complexity index is 538. The number of benzene rings is 1. The molecule has 3 atom stereocenters. The van der Waals surface area contributed by atoms with Crippen molar-refractivity contribution in [2.24, 2.45) is 5.92 Å². The Morgan fingerprint density at radius 2 is 2.19 bits per heavy atom. The van der Waals surface area contributed by atoms with Gasteiger partial charge < -0.3 is 5.32 Å². The van der Waals surface area contributed by atoms with Crippen molar-refractivity contribution >= 4 is 23.4 Å². The first kappa shape index (κ1) is 15.9. The molecule has 0 aromatic heterocycles. The quantitative estimate of drug-likeness (QED) is 0.907. The molecular weight excluding hydrogens is 280 g/mol. The van der Waals surface area contributed by atoms with Crippen LogP contribution in [-0.4, -0.2) is 16.4 Å². The predicted molar refractivity (Wildman–Crippen MR) is 88.3 cm³/mol. The molecule has 0 heterocycles. The highest BCUT2D eigenvalue weighted by Crippen LogP contribution is 2.34. The van der Waals surface area contributed by atoms with Crippen LogP contribution in [0.1, 0.15) is 45.1 Å². The third-order valence-electron chi connectivity index (χ3n) is 3.96. The molecule has 0 aliphatic heterocycles. The van der Waals surface area contributed by atoms with Gasteiger partial charge in [0.15, 0.2) is 0 Å². The molecule has 1 aromatic carbocycles. The largest absolute Gasteiger partial charge is 0.324 e. The molecule has 21 heavy (non-hydrogen) atoms. The number of nitrogens with zero attached hydrogens (tertiary/aromatic N) is 1. The van der Waals surface area contributed by atoms with Crippen LogP contribution in [0.15, 0.2) is 24.3 Å². The average Bonchev–Trinajstić information content (AvgIpc) is 2.47. The van der Waals surface area contributed by atoms with Gasteiger partial charge in [0.1, 0.15) is 6.07 Å². The van der Waals surface area contributed by atoms with Crippen molar-refractivity contribution in [3.05, 3.63) is 29.8 Å². The zero-order valence-electron chi connectivity index (χ0n) is 12.6. The molecule has 2 rings (SSSR count). The van der Waals surface area contributed by atoms with Crippen LogP contribution in [0.2, 0.25) is 0 Å². The van der Waals surface area contributed by atoms with Crippen molar-refractivity contribution in [2.75, 3.05) is 5.32 Å². The molecule has 0 bridgehead atoms. The van der Waals surface area contributed by atoms with Gasteiger partial charge in [-0.3, -0.25) is 4.79 Å². The van der Waals surface area contributed by atoms with Gasteiger partial charge in [0.25, 0.3) is 0 Å². The fourth-order valence-corrected chi connectivity index (χ4v) is 4.28. The molecule has 1 fully saturated rings. The highest BCUT2D eigenvalue weighted by molar-refractivity contribution is 8.01. The fraction of sp³-hybridized carbons (Fsp3) is 0.529. The van der Waals surface area contributed by atoms with Gasteiger partial charge in [-0.1, -0.05) is 31.9 Å². The summed E-state index contributed by atoms with van der Waals surface area (Å²) in [7, 11) is 0. The Morgan fingerprint density at radius 1 is 1.43 bits per heavy atom. The van der Waals surface area contributed by atoms with Crippen molar-refractivity contribution in [2.45, 2.75) is 50.0 Å². The third-order valence-corrected chi connectivity index (χ3v) is 5.39. The minimum absolute atomic E-state index is 0.0130. The van der Waals surface area contributed by atoms with Gasteiger partial charge in [-0.15, -0.1) is 11.8 Å². The van der Waals surface area contributed by atoms with Crippen molar-refractivity contribution in [3.63, 3.8) is 0 Å². The molecule has 1 amide bonds. The summed E-state index contributed by atoms with van der Waals surface area (Å²) in [5.41, 5.74) is 1.11. The Kier molecular flexibility index (Phi) is 5.69. The minimum Gasteiger partial charge on any atom is -0.324 e. The first-order chi connectivity index (χ1) is 10.1. The number of amides is 1. The molecule has 1 saturated carbocycles. The monoisotopic (exact) mass is 302 g/mol. The molecule has 3 nitrogen and oxygen atoms in total. The van der Waals surface area contributed by atoms with Gasteiger partial charge in [0.2, 0.25) is 5.91 Å². The summed E-state index contributed by atoms with van der Waals surface area (Å²) in [4.78, 5) is 12.3. The van der Waals surface area contributed by atoms with E-state index in [1.165, 1.54) is 25.7 Å². The highest BCUT2D eigenvalue weighted by atomic mass is 32.2. The topological polar surface area (TPSA) is 52.9 Å². The summed E-state index contributed by atoms with van der Waals surface area (Å²) in [6.45, 7) is 4.24. The average molecular weight is 302 g/mol. The van der Waals surface area contributed by atoms with Crippen LogP contribution in [0.3, 0.4) is 0 Å². The number of thioether (sulfide) groups is 1. The van der Waals surface area contributed by atoms with Crippen LogP contribution in [-0.2, 0) is 4.79 Å². The van der Waals surface area contributed by atoms with Crippen LogP contribution in [0.4, 0.5) is 5.69 Å². The lowest BCUT2D eigenvalue weighted by atomic mass is 9.91. The molecule has 0 radical (unpaired) electrons. The van der Waals surface area contributed by atoms with E-state index >= 15 is 0 Å². The number of para-hydroxylation sites is 1. The van der Waals surface area contributed by atoms with Crippen molar-refractivity contribution < 1.29 is 4.79 Å².